The van der Waals surface area contributed by atoms with Crippen molar-refractivity contribution in [2.24, 2.45) is 23.0 Å². The maximum atomic E-state index is 5.94. The minimum absolute atomic E-state index is 0.447. The second-order valence-corrected chi connectivity index (χ2v) is 6.67. The molecule has 2 aliphatic carbocycles. The molecule has 3 rings (SSSR count). The molecular formula is C15H25N3. The third-order valence-electron chi connectivity index (χ3n) is 5.00. The van der Waals surface area contributed by atoms with Crippen molar-refractivity contribution in [1.29, 1.82) is 0 Å². The molecule has 1 unspecified atom stereocenters. The molecule has 3 heteroatoms. The summed E-state index contributed by atoms with van der Waals surface area (Å²) in [6.07, 6.45) is 9.79. The van der Waals surface area contributed by atoms with Crippen molar-refractivity contribution in [3.8, 4) is 0 Å². The van der Waals surface area contributed by atoms with Gasteiger partial charge in [-0.25, -0.2) is 4.98 Å². The predicted octanol–water partition coefficient (Wildman–Crippen LogP) is 2.77. The number of hydrogen-bond acceptors (Lipinski definition) is 2. The Balaban J connectivity index is 1.78. The summed E-state index contributed by atoms with van der Waals surface area (Å²) in [4.78, 5) is 4.37. The molecule has 0 aliphatic heterocycles. The molecule has 0 bridgehead atoms. The van der Waals surface area contributed by atoms with Crippen molar-refractivity contribution in [2.75, 3.05) is 6.54 Å². The summed E-state index contributed by atoms with van der Waals surface area (Å²) in [5.41, 5.74) is 7.92. The minimum atomic E-state index is 0.447. The molecule has 0 radical (unpaired) electrons. The zero-order valence-electron chi connectivity index (χ0n) is 11.6. The van der Waals surface area contributed by atoms with Gasteiger partial charge < -0.3 is 10.3 Å². The van der Waals surface area contributed by atoms with Gasteiger partial charge in [-0.1, -0.05) is 13.8 Å². The lowest BCUT2D eigenvalue weighted by molar-refractivity contribution is 0.353. The van der Waals surface area contributed by atoms with E-state index in [4.69, 9.17) is 5.73 Å². The lowest BCUT2D eigenvalue weighted by atomic mass is 9.92. The van der Waals surface area contributed by atoms with E-state index in [0.29, 0.717) is 17.3 Å². The van der Waals surface area contributed by atoms with Crippen LogP contribution in [-0.4, -0.2) is 16.1 Å². The van der Waals surface area contributed by atoms with Crippen molar-refractivity contribution in [2.45, 2.75) is 52.0 Å². The molecule has 0 saturated heterocycles. The first-order valence-electron chi connectivity index (χ1n) is 7.36. The van der Waals surface area contributed by atoms with Crippen molar-refractivity contribution in [3.63, 3.8) is 0 Å². The normalized spacial score (nSPS) is 23.3. The number of nitrogens with zero attached hydrogens (tertiary/aromatic N) is 2. The van der Waals surface area contributed by atoms with Crippen LogP contribution in [0.5, 0.6) is 0 Å². The molecule has 0 aromatic carbocycles. The van der Waals surface area contributed by atoms with Crippen molar-refractivity contribution >= 4 is 0 Å². The Morgan fingerprint density at radius 3 is 2.67 bits per heavy atom. The Hall–Kier alpha value is -0.830. The minimum Gasteiger partial charge on any atom is -0.334 e. The van der Waals surface area contributed by atoms with Gasteiger partial charge in [-0.3, -0.25) is 0 Å². The van der Waals surface area contributed by atoms with Crippen LogP contribution >= 0.6 is 0 Å². The van der Waals surface area contributed by atoms with E-state index >= 15 is 0 Å². The molecule has 100 valence electrons. The van der Waals surface area contributed by atoms with E-state index in [1.165, 1.54) is 37.9 Å². The highest BCUT2D eigenvalue weighted by atomic mass is 15.1. The second kappa shape index (κ2) is 4.37. The largest absolute Gasteiger partial charge is 0.334 e. The highest BCUT2D eigenvalue weighted by Gasteiger charge is 2.53. The summed E-state index contributed by atoms with van der Waals surface area (Å²) in [6, 6.07) is 0. The molecule has 18 heavy (non-hydrogen) atoms. The van der Waals surface area contributed by atoms with Crippen LogP contribution in [0.4, 0.5) is 0 Å². The molecule has 2 saturated carbocycles. The quantitative estimate of drug-likeness (QED) is 0.840. The van der Waals surface area contributed by atoms with Crippen molar-refractivity contribution < 1.29 is 0 Å². The van der Waals surface area contributed by atoms with Gasteiger partial charge in [0.05, 0.1) is 6.33 Å². The molecule has 1 aromatic heterocycles. The average molecular weight is 247 g/mol. The van der Waals surface area contributed by atoms with E-state index in [9.17, 15) is 0 Å². The van der Waals surface area contributed by atoms with Crippen LogP contribution in [-0.2, 0) is 6.54 Å². The van der Waals surface area contributed by atoms with Gasteiger partial charge in [0.15, 0.2) is 0 Å². The van der Waals surface area contributed by atoms with Gasteiger partial charge >= 0.3 is 0 Å². The molecule has 2 fully saturated rings. The number of aromatic nitrogens is 2. The number of imidazole rings is 1. The maximum Gasteiger partial charge on any atom is 0.0948 e. The molecule has 0 spiro atoms. The molecule has 2 N–H and O–H groups in total. The first kappa shape index (κ1) is 12.2. The Labute approximate surface area is 110 Å². The van der Waals surface area contributed by atoms with Crippen LogP contribution in [0.3, 0.4) is 0 Å². The summed E-state index contributed by atoms with van der Waals surface area (Å²) >= 11 is 0. The van der Waals surface area contributed by atoms with Gasteiger partial charge in [-0.15, -0.1) is 0 Å². The summed E-state index contributed by atoms with van der Waals surface area (Å²) < 4.78 is 2.39. The van der Waals surface area contributed by atoms with Crippen LogP contribution in [0.2, 0.25) is 0 Å². The fourth-order valence-corrected chi connectivity index (χ4v) is 3.40. The van der Waals surface area contributed by atoms with E-state index in [-0.39, 0.29) is 0 Å². The van der Waals surface area contributed by atoms with E-state index in [2.05, 4.69) is 23.4 Å². The van der Waals surface area contributed by atoms with Gasteiger partial charge in [0.25, 0.3) is 0 Å². The van der Waals surface area contributed by atoms with E-state index < -0.39 is 0 Å². The van der Waals surface area contributed by atoms with Crippen LogP contribution in [0, 0.1) is 17.3 Å². The molecular weight excluding hydrogens is 222 g/mol. The summed E-state index contributed by atoms with van der Waals surface area (Å²) in [5.74, 6) is 2.03. The number of hydrogen-bond donors (Lipinski definition) is 1. The fraction of sp³-hybridized carbons (Fsp3) is 0.800. The second-order valence-electron chi connectivity index (χ2n) is 6.67. The van der Waals surface area contributed by atoms with E-state index in [1.54, 1.807) is 0 Å². The molecule has 2 aliphatic rings. The monoisotopic (exact) mass is 247 g/mol. The summed E-state index contributed by atoms with van der Waals surface area (Å²) in [5, 5.41) is 0. The van der Waals surface area contributed by atoms with E-state index in [1.807, 2.05) is 12.5 Å². The topological polar surface area (TPSA) is 43.8 Å². The van der Waals surface area contributed by atoms with Gasteiger partial charge in [-0.05, 0) is 42.9 Å². The Morgan fingerprint density at radius 1 is 1.44 bits per heavy atom. The smallest absolute Gasteiger partial charge is 0.0948 e. The Morgan fingerprint density at radius 2 is 2.17 bits per heavy atom. The van der Waals surface area contributed by atoms with Crippen LogP contribution < -0.4 is 5.73 Å². The molecule has 3 nitrogen and oxygen atoms in total. The number of rotatable bonds is 6. The Bertz CT molecular complexity index is 413. The lowest BCUT2D eigenvalue weighted by Gasteiger charge is -2.23. The van der Waals surface area contributed by atoms with Crippen LogP contribution in [0.15, 0.2) is 12.5 Å². The van der Waals surface area contributed by atoms with Crippen molar-refractivity contribution in [1.82, 2.24) is 9.55 Å². The molecule has 0 amide bonds. The highest BCUT2D eigenvalue weighted by Crippen LogP contribution is 2.62. The van der Waals surface area contributed by atoms with Crippen LogP contribution in [0.25, 0.3) is 0 Å². The Kier molecular flexibility index (Phi) is 2.97. The van der Waals surface area contributed by atoms with E-state index in [0.717, 1.165) is 12.5 Å². The molecule has 1 heterocycles. The fourth-order valence-electron chi connectivity index (χ4n) is 3.40. The van der Waals surface area contributed by atoms with Crippen molar-refractivity contribution in [3.05, 3.63) is 18.2 Å². The van der Waals surface area contributed by atoms with Gasteiger partial charge in [0.1, 0.15) is 0 Å². The zero-order chi connectivity index (χ0) is 12.8. The number of nitrogens with two attached hydrogens (primary N) is 1. The van der Waals surface area contributed by atoms with Crippen LogP contribution in [0.1, 0.15) is 51.1 Å². The predicted molar refractivity (Wildman–Crippen MR) is 73.3 cm³/mol. The van der Waals surface area contributed by atoms with Gasteiger partial charge in [0, 0.05) is 30.9 Å². The summed E-state index contributed by atoms with van der Waals surface area (Å²) in [6.45, 7) is 6.40. The third-order valence-corrected chi connectivity index (χ3v) is 5.00. The summed E-state index contributed by atoms with van der Waals surface area (Å²) in [7, 11) is 0. The maximum absolute atomic E-state index is 5.94. The third kappa shape index (κ3) is 2.09. The molecule has 1 atom stereocenters. The van der Waals surface area contributed by atoms with Gasteiger partial charge in [-0.2, -0.15) is 0 Å². The van der Waals surface area contributed by atoms with Gasteiger partial charge in [0.2, 0.25) is 0 Å². The zero-order valence-corrected chi connectivity index (χ0v) is 11.6. The molecule has 1 aromatic rings. The first-order valence-corrected chi connectivity index (χ1v) is 7.36. The standard InChI is InChI=1S/C15H25N3/c1-11(2)13(7-16)14-8-17-10-18(14)9-15(5-6-15)12-3-4-12/h8,10-13H,3-7,9,16H2,1-2H3. The highest BCUT2D eigenvalue weighted by molar-refractivity contribution is 5.11. The SMILES string of the molecule is CC(C)C(CN)c1cncn1CC1(C2CC2)CC1. The average Bonchev–Trinajstić information content (AvgIpc) is 3.20. The first-order chi connectivity index (χ1) is 8.66. The lowest BCUT2D eigenvalue weighted by Crippen LogP contribution is -2.23.